The number of ether oxygens (including phenoxy) is 1. The fourth-order valence-corrected chi connectivity index (χ4v) is 3.34. The molecule has 0 radical (unpaired) electrons. The standard InChI is InChI=1S/C22H22Cl2N4O4/c1-13-4-9-17(10-18(13)24)25-20-26-21(30)28(11-14(2)19(29)32-3)22(31)27(20)12-15-5-7-16(23)8-6-15/h4-10,14H,11-12H2,1-3H3,(H,25,26,30)/t14-/m0/s1. The predicted molar refractivity (Wildman–Crippen MR) is 122 cm³/mol. The Morgan fingerprint density at radius 3 is 2.44 bits per heavy atom. The first-order chi connectivity index (χ1) is 15.2. The summed E-state index contributed by atoms with van der Waals surface area (Å²) in [6.07, 6.45) is 0. The summed E-state index contributed by atoms with van der Waals surface area (Å²) >= 11 is 12.2. The Labute approximate surface area is 193 Å². The number of aromatic amines is 1. The molecule has 168 valence electrons. The van der Waals surface area contributed by atoms with Gasteiger partial charge in [0.25, 0.3) is 0 Å². The number of H-pyrrole nitrogens is 1. The SMILES string of the molecule is COC(=O)[C@@H](C)Cn1c(=O)[nH]/c(=N\c2ccc(C)c(Cl)c2)n(Cc2ccc(Cl)cc2)c1=O. The Morgan fingerprint density at radius 2 is 1.81 bits per heavy atom. The van der Waals surface area contributed by atoms with E-state index in [0.29, 0.717) is 15.7 Å². The van der Waals surface area contributed by atoms with Gasteiger partial charge in [-0.15, -0.1) is 0 Å². The molecule has 0 spiro atoms. The average molecular weight is 477 g/mol. The highest BCUT2D eigenvalue weighted by atomic mass is 35.5. The van der Waals surface area contributed by atoms with E-state index in [1.165, 1.54) is 11.7 Å². The van der Waals surface area contributed by atoms with Crippen LogP contribution in [0.25, 0.3) is 0 Å². The molecule has 0 saturated heterocycles. The highest BCUT2D eigenvalue weighted by Gasteiger charge is 2.18. The highest BCUT2D eigenvalue weighted by molar-refractivity contribution is 6.31. The average Bonchev–Trinajstić information content (AvgIpc) is 2.77. The molecule has 0 fully saturated rings. The number of hydrogen-bond donors (Lipinski definition) is 1. The van der Waals surface area contributed by atoms with Crippen molar-refractivity contribution in [2.75, 3.05) is 7.11 Å². The number of benzene rings is 2. The molecule has 0 aliphatic carbocycles. The van der Waals surface area contributed by atoms with E-state index in [0.717, 1.165) is 15.7 Å². The molecule has 3 aromatic rings. The molecule has 0 amide bonds. The van der Waals surface area contributed by atoms with E-state index in [9.17, 15) is 14.4 Å². The minimum absolute atomic E-state index is 0.0526. The van der Waals surface area contributed by atoms with Crippen molar-refractivity contribution in [3.8, 4) is 0 Å². The minimum atomic E-state index is -0.693. The van der Waals surface area contributed by atoms with E-state index < -0.39 is 23.3 Å². The fraction of sp³-hybridized carbons (Fsp3) is 0.273. The van der Waals surface area contributed by atoms with Crippen molar-refractivity contribution in [3.63, 3.8) is 0 Å². The molecule has 10 heteroatoms. The summed E-state index contributed by atoms with van der Waals surface area (Å²) in [7, 11) is 1.25. The summed E-state index contributed by atoms with van der Waals surface area (Å²) in [5.41, 5.74) is 0.874. The van der Waals surface area contributed by atoms with E-state index in [1.54, 1.807) is 49.4 Å². The molecule has 0 aliphatic rings. The van der Waals surface area contributed by atoms with Crippen molar-refractivity contribution < 1.29 is 9.53 Å². The van der Waals surface area contributed by atoms with Gasteiger partial charge in [0.15, 0.2) is 0 Å². The van der Waals surface area contributed by atoms with Crippen LogP contribution in [-0.4, -0.2) is 27.2 Å². The Morgan fingerprint density at radius 1 is 1.12 bits per heavy atom. The van der Waals surface area contributed by atoms with E-state index in [-0.39, 0.29) is 18.7 Å². The first kappa shape index (κ1) is 23.6. The topological polar surface area (TPSA) is 98.4 Å². The summed E-state index contributed by atoms with van der Waals surface area (Å²) in [6, 6.07) is 12.1. The van der Waals surface area contributed by atoms with Gasteiger partial charge in [-0.25, -0.2) is 19.1 Å². The lowest BCUT2D eigenvalue weighted by Gasteiger charge is -2.14. The number of aryl methyl sites for hydroxylation is 1. The molecule has 32 heavy (non-hydrogen) atoms. The number of halogens is 2. The Bertz CT molecular complexity index is 1320. The molecule has 0 saturated carbocycles. The monoisotopic (exact) mass is 476 g/mol. The molecule has 1 aromatic heterocycles. The van der Waals surface area contributed by atoms with Crippen LogP contribution >= 0.6 is 23.2 Å². The van der Waals surface area contributed by atoms with Crippen LogP contribution in [0.5, 0.6) is 0 Å². The van der Waals surface area contributed by atoms with Gasteiger partial charge in [0.1, 0.15) is 0 Å². The van der Waals surface area contributed by atoms with E-state index in [2.05, 4.69) is 9.98 Å². The van der Waals surface area contributed by atoms with Crippen molar-refractivity contribution in [1.82, 2.24) is 14.1 Å². The zero-order valence-corrected chi connectivity index (χ0v) is 19.3. The van der Waals surface area contributed by atoms with Gasteiger partial charge < -0.3 is 4.74 Å². The van der Waals surface area contributed by atoms with Gasteiger partial charge in [0.2, 0.25) is 5.62 Å². The molecule has 2 aromatic carbocycles. The number of hydrogen-bond acceptors (Lipinski definition) is 5. The number of nitrogens with one attached hydrogen (secondary N) is 1. The fourth-order valence-electron chi connectivity index (χ4n) is 3.04. The second-order valence-electron chi connectivity index (χ2n) is 7.33. The van der Waals surface area contributed by atoms with Gasteiger partial charge in [-0.2, -0.15) is 0 Å². The zero-order chi connectivity index (χ0) is 23.4. The van der Waals surface area contributed by atoms with E-state index in [4.69, 9.17) is 27.9 Å². The Kier molecular flexibility index (Phi) is 7.37. The second-order valence-corrected chi connectivity index (χ2v) is 8.17. The van der Waals surface area contributed by atoms with Crippen LogP contribution < -0.4 is 17.0 Å². The van der Waals surface area contributed by atoms with Crippen LogP contribution in [0, 0.1) is 12.8 Å². The van der Waals surface area contributed by atoms with Gasteiger partial charge in [0, 0.05) is 16.6 Å². The van der Waals surface area contributed by atoms with Gasteiger partial charge in [-0.3, -0.25) is 14.3 Å². The molecular weight excluding hydrogens is 455 g/mol. The van der Waals surface area contributed by atoms with Crippen LogP contribution in [0.1, 0.15) is 18.1 Å². The predicted octanol–water partition coefficient (Wildman–Crippen LogP) is 3.04. The molecule has 1 atom stereocenters. The molecule has 8 nitrogen and oxygen atoms in total. The summed E-state index contributed by atoms with van der Waals surface area (Å²) in [5.74, 6) is -1.22. The van der Waals surface area contributed by atoms with Gasteiger partial charge in [-0.05, 0) is 42.3 Å². The van der Waals surface area contributed by atoms with Crippen LogP contribution in [0.2, 0.25) is 10.0 Å². The lowest BCUT2D eigenvalue weighted by atomic mass is 10.2. The quantitative estimate of drug-likeness (QED) is 0.552. The number of carbonyl (C=O) groups is 1. The number of carbonyl (C=O) groups excluding carboxylic acids is 1. The van der Waals surface area contributed by atoms with E-state index >= 15 is 0 Å². The summed E-state index contributed by atoms with van der Waals surface area (Å²) < 4.78 is 6.99. The number of esters is 1. The van der Waals surface area contributed by atoms with Crippen LogP contribution in [-0.2, 0) is 22.6 Å². The number of methoxy groups -OCH3 is 1. The Hall–Kier alpha value is -3.10. The van der Waals surface area contributed by atoms with Gasteiger partial charge in [-0.1, -0.05) is 48.3 Å². The van der Waals surface area contributed by atoms with Crippen molar-refractivity contribution >= 4 is 34.9 Å². The summed E-state index contributed by atoms with van der Waals surface area (Å²) in [5, 5.41) is 1.07. The Balaban J connectivity index is 2.18. The molecule has 1 N–H and O–H groups in total. The molecular formula is C22H22Cl2N4O4. The maximum absolute atomic E-state index is 13.3. The smallest absolute Gasteiger partial charge is 0.335 e. The normalized spacial score (nSPS) is 12.6. The minimum Gasteiger partial charge on any atom is -0.469 e. The first-order valence-electron chi connectivity index (χ1n) is 9.76. The lowest BCUT2D eigenvalue weighted by molar-refractivity contribution is -0.145. The molecule has 0 unspecified atom stereocenters. The van der Waals surface area contributed by atoms with Crippen LogP contribution in [0.4, 0.5) is 5.69 Å². The molecule has 1 heterocycles. The van der Waals surface area contributed by atoms with Crippen molar-refractivity contribution in [2.24, 2.45) is 10.9 Å². The van der Waals surface area contributed by atoms with Crippen LogP contribution in [0.3, 0.4) is 0 Å². The largest absolute Gasteiger partial charge is 0.469 e. The number of rotatable bonds is 6. The first-order valence-corrected chi connectivity index (χ1v) is 10.5. The zero-order valence-electron chi connectivity index (χ0n) is 17.8. The van der Waals surface area contributed by atoms with E-state index in [1.807, 2.05) is 6.92 Å². The molecule has 3 rings (SSSR count). The van der Waals surface area contributed by atoms with Crippen molar-refractivity contribution in [1.29, 1.82) is 0 Å². The number of aromatic nitrogens is 3. The van der Waals surface area contributed by atoms with Crippen molar-refractivity contribution in [2.45, 2.75) is 26.9 Å². The van der Waals surface area contributed by atoms with Gasteiger partial charge >= 0.3 is 17.3 Å². The third-order valence-electron chi connectivity index (χ3n) is 4.89. The summed E-state index contributed by atoms with van der Waals surface area (Å²) in [4.78, 5) is 44.9. The van der Waals surface area contributed by atoms with Crippen LogP contribution in [0.15, 0.2) is 57.0 Å². The maximum atomic E-state index is 13.3. The molecule has 0 bridgehead atoms. The molecule has 0 aliphatic heterocycles. The number of nitrogens with zero attached hydrogens (tertiary/aromatic N) is 3. The second kappa shape index (κ2) is 10.0. The maximum Gasteiger partial charge on any atom is 0.335 e. The summed E-state index contributed by atoms with van der Waals surface area (Å²) in [6.45, 7) is 3.42. The van der Waals surface area contributed by atoms with Gasteiger partial charge in [0.05, 0.1) is 25.3 Å². The highest BCUT2D eigenvalue weighted by Crippen LogP contribution is 2.21. The lowest BCUT2D eigenvalue weighted by Crippen LogP contribution is -2.51. The van der Waals surface area contributed by atoms with Crippen molar-refractivity contribution in [3.05, 3.63) is 90.2 Å². The third kappa shape index (κ3) is 5.38. The third-order valence-corrected chi connectivity index (χ3v) is 5.54.